The first-order chi connectivity index (χ1) is 11.5. The van der Waals surface area contributed by atoms with E-state index in [-0.39, 0.29) is 24.9 Å². The van der Waals surface area contributed by atoms with Gasteiger partial charge >= 0.3 is 0 Å². The van der Waals surface area contributed by atoms with Gasteiger partial charge in [-0.3, -0.25) is 9.59 Å². The van der Waals surface area contributed by atoms with Crippen LogP contribution in [-0.4, -0.2) is 18.5 Å². The fourth-order valence-corrected chi connectivity index (χ4v) is 2.73. The van der Waals surface area contributed by atoms with Crippen LogP contribution in [0.4, 0.5) is 5.69 Å². The third-order valence-electron chi connectivity index (χ3n) is 3.75. The first kappa shape index (κ1) is 16.3. The number of halogens is 1. The maximum absolute atomic E-state index is 12.2. The Kier molecular flexibility index (Phi) is 4.71. The summed E-state index contributed by atoms with van der Waals surface area (Å²) < 4.78 is 10.6. The highest BCUT2D eigenvalue weighted by molar-refractivity contribution is 6.31. The zero-order chi connectivity index (χ0) is 17.1. The molecule has 0 bridgehead atoms. The maximum atomic E-state index is 12.2. The molecule has 0 unspecified atom stereocenters. The monoisotopic (exact) mass is 345 g/mol. The minimum atomic E-state index is -0.198. The van der Waals surface area contributed by atoms with Crippen molar-refractivity contribution in [1.29, 1.82) is 0 Å². The first-order valence-electron chi connectivity index (χ1n) is 7.52. The second-order valence-corrected chi connectivity index (χ2v) is 5.85. The lowest BCUT2D eigenvalue weighted by atomic mass is 10.1. The zero-order valence-electron chi connectivity index (χ0n) is 13.1. The van der Waals surface area contributed by atoms with Gasteiger partial charge in [0.25, 0.3) is 0 Å². The van der Waals surface area contributed by atoms with E-state index in [4.69, 9.17) is 21.1 Å². The van der Waals surface area contributed by atoms with E-state index in [2.05, 4.69) is 5.32 Å². The summed E-state index contributed by atoms with van der Waals surface area (Å²) in [6.07, 6.45) is 0.779. The van der Waals surface area contributed by atoms with E-state index in [1.807, 2.05) is 18.2 Å². The molecule has 1 N–H and O–H groups in total. The quantitative estimate of drug-likeness (QED) is 0.836. The normalized spacial score (nSPS) is 12.1. The van der Waals surface area contributed by atoms with Crippen LogP contribution in [0.5, 0.6) is 11.5 Å². The van der Waals surface area contributed by atoms with E-state index in [1.54, 1.807) is 18.2 Å². The summed E-state index contributed by atoms with van der Waals surface area (Å²) in [6.45, 7) is 1.55. The number of ether oxygens (including phenoxy) is 2. The first-order valence-corrected chi connectivity index (χ1v) is 7.90. The van der Waals surface area contributed by atoms with Crippen molar-refractivity contribution >= 4 is 29.0 Å². The van der Waals surface area contributed by atoms with Gasteiger partial charge in [0.2, 0.25) is 12.7 Å². The number of ketones is 1. The van der Waals surface area contributed by atoms with Crippen LogP contribution in [0.2, 0.25) is 5.02 Å². The molecule has 0 aromatic heterocycles. The Hall–Kier alpha value is -2.53. The molecule has 0 saturated heterocycles. The Balaban J connectivity index is 1.72. The molecule has 6 heteroatoms. The van der Waals surface area contributed by atoms with E-state index in [0.717, 1.165) is 5.56 Å². The SMILES string of the molecule is CC(=O)c1cc2c(cc1NC(=O)CCc1ccccc1Cl)OCO2. The number of Topliss-reactive ketones (excluding diaryl/α,β-unsaturated/α-hetero) is 1. The average molecular weight is 346 g/mol. The third-order valence-corrected chi connectivity index (χ3v) is 4.11. The molecular formula is C18H16ClNO4. The lowest BCUT2D eigenvalue weighted by Gasteiger charge is -2.11. The van der Waals surface area contributed by atoms with Gasteiger partial charge in [-0.05, 0) is 31.0 Å². The second-order valence-electron chi connectivity index (χ2n) is 5.45. The van der Waals surface area contributed by atoms with E-state index in [9.17, 15) is 9.59 Å². The van der Waals surface area contributed by atoms with Crippen molar-refractivity contribution < 1.29 is 19.1 Å². The van der Waals surface area contributed by atoms with Gasteiger partial charge in [0, 0.05) is 23.1 Å². The summed E-state index contributed by atoms with van der Waals surface area (Å²) in [7, 11) is 0. The zero-order valence-corrected chi connectivity index (χ0v) is 13.9. The number of anilines is 1. The molecule has 0 radical (unpaired) electrons. The maximum Gasteiger partial charge on any atom is 0.231 e. The fraction of sp³-hybridized carbons (Fsp3) is 0.222. The van der Waals surface area contributed by atoms with Gasteiger partial charge in [0.1, 0.15) is 0 Å². The number of carbonyl (C=O) groups is 2. The smallest absolute Gasteiger partial charge is 0.231 e. The standard InChI is InChI=1S/C18H16ClNO4/c1-11(21)13-8-16-17(24-10-23-16)9-15(13)20-18(22)7-6-12-4-2-3-5-14(12)19/h2-5,8-9H,6-7,10H2,1H3,(H,20,22). The predicted octanol–water partition coefficient (Wildman–Crippen LogP) is 3.84. The van der Waals surface area contributed by atoms with Crippen LogP contribution in [0, 0.1) is 0 Å². The molecule has 2 aromatic carbocycles. The summed E-state index contributed by atoms with van der Waals surface area (Å²) in [6, 6.07) is 10.6. The van der Waals surface area contributed by atoms with Crippen molar-refractivity contribution in [2.24, 2.45) is 0 Å². The van der Waals surface area contributed by atoms with Crippen LogP contribution in [0.1, 0.15) is 29.3 Å². The lowest BCUT2D eigenvalue weighted by Crippen LogP contribution is -2.14. The molecule has 0 atom stereocenters. The molecule has 24 heavy (non-hydrogen) atoms. The highest BCUT2D eigenvalue weighted by Gasteiger charge is 2.20. The highest BCUT2D eigenvalue weighted by atomic mass is 35.5. The number of benzene rings is 2. The van der Waals surface area contributed by atoms with E-state index < -0.39 is 0 Å². The molecule has 1 heterocycles. The number of amides is 1. The number of hydrogen-bond acceptors (Lipinski definition) is 4. The molecule has 1 aliphatic heterocycles. The predicted molar refractivity (Wildman–Crippen MR) is 91.0 cm³/mol. The van der Waals surface area contributed by atoms with Crippen LogP contribution in [0.25, 0.3) is 0 Å². The van der Waals surface area contributed by atoms with Crippen molar-refractivity contribution in [3.8, 4) is 11.5 Å². The van der Waals surface area contributed by atoms with Gasteiger partial charge in [-0.15, -0.1) is 0 Å². The fourth-order valence-electron chi connectivity index (χ4n) is 2.50. The summed E-state index contributed by atoms with van der Waals surface area (Å²) in [4.78, 5) is 24.0. The van der Waals surface area contributed by atoms with Gasteiger partial charge in [0.05, 0.1) is 5.69 Å². The number of rotatable bonds is 5. The molecule has 124 valence electrons. The summed E-state index contributed by atoms with van der Waals surface area (Å²) in [5.74, 6) is 0.668. The second kappa shape index (κ2) is 6.93. The Morgan fingerprint density at radius 2 is 1.88 bits per heavy atom. The van der Waals surface area contributed by atoms with Crippen LogP contribution in [0.15, 0.2) is 36.4 Å². The third kappa shape index (κ3) is 3.51. The number of aryl methyl sites for hydroxylation is 1. The van der Waals surface area contributed by atoms with Crippen molar-refractivity contribution in [2.75, 3.05) is 12.1 Å². The Bertz CT molecular complexity index is 804. The lowest BCUT2D eigenvalue weighted by molar-refractivity contribution is -0.116. The van der Waals surface area contributed by atoms with Gasteiger partial charge in [-0.1, -0.05) is 29.8 Å². The molecule has 0 spiro atoms. The van der Waals surface area contributed by atoms with Crippen LogP contribution >= 0.6 is 11.6 Å². The van der Waals surface area contributed by atoms with Crippen molar-refractivity contribution in [3.05, 3.63) is 52.5 Å². The molecule has 0 fully saturated rings. The number of fused-ring (bicyclic) bond motifs is 1. The van der Waals surface area contributed by atoms with Crippen LogP contribution < -0.4 is 14.8 Å². The van der Waals surface area contributed by atoms with Gasteiger partial charge < -0.3 is 14.8 Å². The summed E-state index contributed by atoms with van der Waals surface area (Å²) in [5, 5.41) is 3.41. The minimum absolute atomic E-state index is 0.108. The molecule has 3 rings (SSSR count). The van der Waals surface area contributed by atoms with E-state index in [0.29, 0.717) is 34.2 Å². The topological polar surface area (TPSA) is 64.6 Å². The van der Waals surface area contributed by atoms with Crippen LogP contribution in [-0.2, 0) is 11.2 Å². The molecular weight excluding hydrogens is 330 g/mol. The van der Waals surface area contributed by atoms with Gasteiger partial charge in [-0.25, -0.2) is 0 Å². The number of hydrogen-bond donors (Lipinski definition) is 1. The Morgan fingerprint density at radius 1 is 1.17 bits per heavy atom. The highest BCUT2D eigenvalue weighted by Crippen LogP contribution is 2.37. The summed E-state index contributed by atoms with van der Waals surface area (Å²) in [5.41, 5.74) is 1.73. The van der Waals surface area contributed by atoms with Crippen molar-refractivity contribution in [1.82, 2.24) is 0 Å². The number of nitrogens with one attached hydrogen (secondary N) is 1. The van der Waals surface area contributed by atoms with Crippen LogP contribution in [0.3, 0.4) is 0 Å². The van der Waals surface area contributed by atoms with E-state index >= 15 is 0 Å². The molecule has 2 aromatic rings. The molecule has 1 amide bonds. The molecule has 1 aliphatic rings. The van der Waals surface area contributed by atoms with Crippen molar-refractivity contribution in [2.45, 2.75) is 19.8 Å². The Morgan fingerprint density at radius 3 is 2.58 bits per heavy atom. The molecule has 0 aliphatic carbocycles. The minimum Gasteiger partial charge on any atom is -0.454 e. The van der Waals surface area contributed by atoms with Crippen molar-refractivity contribution in [3.63, 3.8) is 0 Å². The van der Waals surface area contributed by atoms with E-state index in [1.165, 1.54) is 6.92 Å². The van der Waals surface area contributed by atoms with Gasteiger partial charge in [0.15, 0.2) is 17.3 Å². The average Bonchev–Trinajstić information content (AvgIpc) is 3.00. The Labute approximate surface area is 144 Å². The number of carbonyl (C=O) groups excluding carboxylic acids is 2. The largest absolute Gasteiger partial charge is 0.454 e. The molecule has 0 saturated carbocycles. The molecule has 5 nitrogen and oxygen atoms in total. The summed E-state index contributed by atoms with van der Waals surface area (Å²) >= 11 is 6.09. The van der Waals surface area contributed by atoms with Gasteiger partial charge in [-0.2, -0.15) is 0 Å².